The molecule has 0 aliphatic heterocycles. The average Bonchev–Trinajstić information content (AvgIpc) is 2.92. The molecule has 0 unspecified atom stereocenters. The van der Waals surface area contributed by atoms with E-state index < -0.39 is 6.16 Å². The number of carbonyl (C=O) groups excluding carboxylic acids is 1. The van der Waals surface area contributed by atoms with Crippen LogP contribution in [0.15, 0.2) is 36.4 Å². The smallest absolute Gasteiger partial charge is 0.394 e. The van der Waals surface area contributed by atoms with Gasteiger partial charge in [-0.2, -0.15) is 0 Å². The van der Waals surface area contributed by atoms with Gasteiger partial charge in [-0.1, -0.05) is 116 Å². The van der Waals surface area contributed by atoms with Gasteiger partial charge < -0.3 is 9.47 Å². The molecule has 3 nitrogen and oxygen atoms in total. The van der Waals surface area contributed by atoms with Crippen molar-refractivity contribution in [1.82, 2.24) is 0 Å². The highest BCUT2D eigenvalue weighted by Gasteiger charge is 2.17. The van der Waals surface area contributed by atoms with Crippen LogP contribution in [0.4, 0.5) is 4.79 Å². The Morgan fingerprint density at radius 2 is 0.895 bits per heavy atom. The number of aryl methyl sites for hydroxylation is 2. The van der Waals surface area contributed by atoms with Crippen molar-refractivity contribution >= 4 is 6.16 Å². The van der Waals surface area contributed by atoms with E-state index in [4.69, 9.17) is 9.47 Å². The van der Waals surface area contributed by atoms with Crippen LogP contribution in [0.2, 0.25) is 0 Å². The number of rotatable bonds is 20. The molecule has 0 heterocycles. The first-order valence-electron chi connectivity index (χ1n) is 15.8. The maximum atomic E-state index is 13.1. The monoisotopic (exact) mass is 522 g/mol. The van der Waals surface area contributed by atoms with Crippen LogP contribution in [0.1, 0.15) is 140 Å². The molecular formula is C35H54O3. The van der Waals surface area contributed by atoms with E-state index in [1.54, 1.807) is 0 Å². The molecule has 0 saturated heterocycles. The highest BCUT2D eigenvalue weighted by atomic mass is 16.7. The highest BCUT2D eigenvalue weighted by Crippen LogP contribution is 2.29. The summed E-state index contributed by atoms with van der Waals surface area (Å²) in [5, 5.41) is 0. The SMILES string of the molecule is CCCCCCCc1cccc(OC(=O)Oc2cccc(CCCC)c2CCCC)c1CCCCCCC. The van der Waals surface area contributed by atoms with E-state index in [1.165, 1.54) is 74.5 Å². The fraction of sp³-hybridized carbons (Fsp3) is 0.629. The Balaban J connectivity index is 2.17. The summed E-state index contributed by atoms with van der Waals surface area (Å²) in [6.07, 6.45) is 20.2. The highest BCUT2D eigenvalue weighted by molar-refractivity contribution is 5.69. The van der Waals surface area contributed by atoms with Crippen LogP contribution in [0.5, 0.6) is 11.5 Å². The van der Waals surface area contributed by atoms with E-state index >= 15 is 0 Å². The summed E-state index contributed by atoms with van der Waals surface area (Å²) >= 11 is 0. The number of hydrogen-bond donors (Lipinski definition) is 0. The van der Waals surface area contributed by atoms with E-state index in [9.17, 15) is 4.79 Å². The van der Waals surface area contributed by atoms with Crippen LogP contribution >= 0.6 is 0 Å². The molecule has 0 atom stereocenters. The minimum Gasteiger partial charge on any atom is -0.394 e. The Hall–Kier alpha value is -2.29. The predicted octanol–water partition coefficient (Wildman–Crippen LogP) is 11.0. The average molecular weight is 523 g/mol. The predicted molar refractivity (Wildman–Crippen MR) is 162 cm³/mol. The molecule has 2 aromatic carbocycles. The maximum Gasteiger partial charge on any atom is 0.519 e. The lowest BCUT2D eigenvalue weighted by Gasteiger charge is -2.17. The van der Waals surface area contributed by atoms with Gasteiger partial charge in [-0.05, 0) is 85.8 Å². The van der Waals surface area contributed by atoms with E-state index in [0.29, 0.717) is 11.5 Å². The first-order valence-corrected chi connectivity index (χ1v) is 15.8. The van der Waals surface area contributed by atoms with Gasteiger partial charge in [-0.3, -0.25) is 0 Å². The van der Waals surface area contributed by atoms with Gasteiger partial charge in [-0.25, -0.2) is 4.79 Å². The quantitative estimate of drug-likeness (QED) is 0.0985. The van der Waals surface area contributed by atoms with Gasteiger partial charge in [0.2, 0.25) is 0 Å². The molecule has 0 radical (unpaired) electrons. The molecule has 2 aromatic rings. The molecule has 38 heavy (non-hydrogen) atoms. The van der Waals surface area contributed by atoms with Gasteiger partial charge in [0.25, 0.3) is 0 Å². The van der Waals surface area contributed by atoms with Crippen LogP contribution in [0.25, 0.3) is 0 Å². The molecule has 2 rings (SSSR count). The first-order chi connectivity index (χ1) is 18.6. The normalized spacial score (nSPS) is 11.1. The van der Waals surface area contributed by atoms with Crippen LogP contribution in [0, 0.1) is 0 Å². The lowest BCUT2D eigenvalue weighted by molar-refractivity contribution is 0.151. The second kappa shape index (κ2) is 19.7. The van der Waals surface area contributed by atoms with E-state index in [1.807, 2.05) is 24.3 Å². The zero-order valence-corrected chi connectivity index (χ0v) is 24.9. The van der Waals surface area contributed by atoms with Crippen molar-refractivity contribution in [2.24, 2.45) is 0 Å². The van der Waals surface area contributed by atoms with Gasteiger partial charge >= 0.3 is 6.16 Å². The van der Waals surface area contributed by atoms with Gasteiger partial charge in [0, 0.05) is 0 Å². The molecule has 0 fully saturated rings. The first kappa shape index (κ1) is 31.9. The molecule has 0 saturated carbocycles. The van der Waals surface area contributed by atoms with Crippen LogP contribution in [-0.2, 0) is 25.7 Å². The summed E-state index contributed by atoms with van der Waals surface area (Å²) in [6.45, 7) is 8.91. The summed E-state index contributed by atoms with van der Waals surface area (Å²) in [5.41, 5.74) is 4.98. The molecule has 0 amide bonds. The van der Waals surface area contributed by atoms with Gasteiger partial charge in [0.15, 0.2) is 0 Å². The maximum absolute atomic E-state index is 13.1. The van der Waals surface area contributed by atoms with Crippen molar-refractivity contribution in [3.8, 4) is 11.5 Å². The molecule has 0 N–H and O–H groups in total. The molecule has 212 valence electrons. The van der Waals surface area contributed by atoms with Crippen molar-refractivity contribution in [3.63, 3.8) is 0 Å². The minimum atomic E-state index is -0.622. The molecule has 0 aliphatic carbocycles. The third-order valence-corrected chi connectivity index (χ3v) is 7.51. The second-order valence-corrected chi connectivity index (χ2v) is 10.8. The lowest BCUT2D eigenvalue weighted by Crippen LogP contribution is -2.17. The van der Waals surface area contributed by atoms with Gasteiger partial charge in [0.1, 0.15) is 11.5 Å². The van der Waals surface area contributed by atoms with Gasteiger partial charge in [0.05, 0.1) is 0 Å². The van der Waals surface area contributed by atoms with Crippen LogP contribution in [-0.4, -0.2) is 6.16 Å². The minimum absolute atomic E-state index is 0.622. The van der Waals surface area contributed by atoms with Crippen molar-refractivity contribution in [2.75, 3.05) is 0 Å². The lowest BCUT2D eigenvalue weighted by atomic mass is 9.95. The molecule has 0 aromatic heterocycles. The van der Waals surface area contributed by atoms with Crippen LogP contribution < -0.4 is 9.47 Å². The summed E-state index contributed by atoms with van der Waals surface area (Å²) in [5.74, 6) is 1.33. The largest absolute Gasteiger partial charge is 0.519 e. The van der Waals surface area contributed by atoms with E-state index in [-0.39, 0.29) is 0 Å². The standard InChI is InChI=1S/C35H54O3/c1-5-9-13-15-17-22-30-24-20-28-34(32(30)26-18-16-14-10-6-2)38-35(36)37-33-27-19-23-29(21-11-7-3)31(33)25-12-8-4/h19-20,23-24,27-28H,5-18,21-22,25-26H2,1-4H3. The topological polar surface area (TPSA) is 35.5 Å². The fourth-order valence-electron chi connectivity index (χ4n) is 5.19. The Kier molecular flexibility index (Phi) is 16.6. The van der Waals surface area contributed by atoms with Crippen LogP contribution in [0.3, 0.4) is 0 Å². The Labute approximate surface area is 233 Å². The summed E-state index contributed by atoms with van der Waals surface area (Å²) in [4.78, 5) is 13.1. The van der Waals surface area contributed by atoms with Crippen molar-refractivity contribution in [3.05, 3.63) is 58.7 Å². The second-order valence-electron chi connectivity index (χ2n) is 10.8. The molecule has 0 bridgehead atoms. The number of benzene rings is 2. The molecule has 0 aliphatic rings. The number of ether oxygens (including phenoxy) is 2. The zero-order valence-electron chi connectivity index (χ0n) is 24.9. The summed E-state index contributed by atoms with van der Waals surface area (Å²) in [7, 11) is 0. The van der Waals surface area contributed by atoms with Gasteiger partial charge in [-0.15, -0.1) is 0 Å². The summed E-state index contributed by atoms with van der Waals surface area (Å²) < 4.78 is 11.8. The molecular weight excluding hydrogens is 468 g/mol. The van der Waals surface area contributed by atoms with E-state index in [0.717, 1.165) is 63.4 Å². The molecule has 3 heteroatoms. The summed E-state index contributed by atoms with van der Waals surface area (Å²) in [6, 6.07) is 12.3. The Morgan fingerprint density at radius 1 is 0.500 bits per heavy atom. The number of unbranched alkanes of at least 4 members (excludes halogenated alkanes) is 10. The number of carbonyl (C=O) groups is 1. The Morgan fingerprint density at radius 3 is 1.39 bits per heavy atom. The van der Waals surface area contributed by atoms with Crippen molar-refractivity contribution in [1.29, 1.82) is 0 Å². The fourth-order valence-corrected chi connectivity index (χ4v) is 5.19. The molecule has 0 spiro atoms. The Bertz CT molecular complexity index is 917. The van der Waals surface area contributed by atoms with Crippen molar-refractivity contribution < 1.29 is 14.3 Å². The van der Waals surface area contributed by atoms with E-state index in [2.05, 4.69) is 39.8 Å². The third kappa shape index (κ3) is 11.6. The van der Waals surface area contributed by atoms with Crippen molar-refractivity contribution in [2.45, 2.75) is 143 Å². The third-order valence-electron chi connectivity index (χ3n) is 7.51. The zero-order chi connectivity index (χ0) is 27.4. The number of hydrogen-bond acceptors (Lipinski definition) is 3.